The van der Waals surface area contributed by atoms with Crippen molar-refractivity contribution in [3.63, 3.8) is 0 Å². The van der Waals surface area contributed by atoms with E-state index in [1.54, 1.807) is 0 Å². The number of nitro benzene ring substituents is 1. The molecule has 0 saturated heterocycles. The van der Waals surface area contributed by atoms with Crippen LogP contribution in [0.3, 0.4) is 0 Å². The van der Waals surface area contributed by atoms with Gasteiger partial charge in [0.05, 0.1) is 17.6 Å². The third-order valence-corrected chi connectivity index (χ3v) is 6.46. The van der Waals surface area contributed by atoms with Crippen molar-refractivity contribution in [2.24, 2.45) is 5.92 Å². The van der Waals surface area contributed by atoms with Gasteiger partial charge in [0.1, 0.15) is 10.0 Å². The van der Waals surface area contributed by atoms with E-state index in [4.69, 9.17) is 16.3 Å². The van der Waals surface area contributed by atoms with Crippen LogP contribution in [-0.4, -0.2) is 23.9 Å². The highest BCUT2D eigenvalue weighted by Gasteiger charge is 2.30. The molecular formula is C19H19ClN2O5S. The first kappa shape index (κ1) is 20.3. The van der Waals surface area contributed by atoms with Crippen LogP contribution in [0.15, 0.2) is 18.2 Å². The molecule has 1 N–H and O–H groups in total. The van der Waals surface area contributed by atoms with Crippen LogP contribution < -0.4 is 5.32 Å². The van der Waals surface area contributed by atoms with E-state index in [1.165, 1.54) is 30.6 Å². The van der Waals surface area contributed by atoms with Gasteiger partial charge in [-0.2, -0.15) is 0 Å². The normalized spacial score (nSPS) is 15.6. The van der Waals surface area contributed by atoms with Crippen LogP contribution in [0.25, 0.3) is 0 Å². The van der Waals surface area contributed by atoms with Gasteiger partial charge in [-0.25, -0.2) is 4.79 Å². The maximum atomic E-state index is 12.7. The van der Waals surface area contributed by atoms with Gasteiger partial charge in [-0.15, -0.1) is 11.3 Å². The minimum Gasteiger partial charge on any atom is -0.465 e. The molecule has 1 heterocycles. The van der Waals surface area contributed by atoms with Crippen molar-refractivity contribution in [3.05, 3.63) is 54.9 Å². The molecule has 1 aliphatic rings. The van der Waals surface area contributed by atoms with Crippen molar-refractivity contribution < 1.29 is 19.2 Å². The van der Waals surface area contributed by atoms with Crippen LogP contribution in [0.2, 0.25) is 5.02 Å². The molecule has 0 radical (unpaired) electrons. The van der Waals surface area contributed by atoms with Gasteiger partial charge in [0, 0.05) is 16.5 Å². The summed E-state index contributed by atoms with van der Waals surface area (Å²) in [4.78, 5) is 36.5. The predicted octanol–water partition coefficient (Wildman–Crippen LogP) is 4.86. The summed E-state index contributed by atoms with van der Waals surface area (Å²) < 4.78 is 4.92. The standard InChI is InChI=1S/C19H19ClN2O5S/c1-3-10-4-6-12-15(8-10)28-18(16(12)19(24)27-2)21-17(23)11-5-7-13(20)14(9-11)22(25)26/h5,7,9-10H,3-4,6,8H2,1-2H3,(H,21,23)/t10-/m1/s1. The van der Waals surface area contributed by atoms with Crippen LogP contribution >= 0.6 is 22.9 Å². The number of esters is 1. The summed E-state index contributed by atoms with van der Waals surface area (Å²) in [5.74, 6) is -0.487. The fourth-order valence-electron chi connectivity index (χ4n) is 3.38. The molecule has 7 nitrogen and oxygen atoms in total. The Bertz CT molecular complexity index is 956. The van der Waals surface area contributed by atoms with Gasteiger partial charge in [-0.3, -0.25) is 14.9 Å². The van der Waals surface area contributed by atoms with Crippen molar-refractivity contribution >= 4 is 45.5 Å². The molecule has 1 aromatic carbocycles. The molecule has 148 valence electrons. The number of thiophene rings is 1. The molecule has 1 aliphatic carbocycles. The number of carbonyl (C=O) groups excluding carboxylic acids is 2. The molecular weight excluding hydrogens is 404 g/mol. The summed E-state index contributed by atoms with van der Waals surface area (Å²) in [6, 6.07) is 3.83. The van der Waals surface area contributed by atoms with Gasteiger partial charge in [0.15, 0.2) is 0 Å². The van der Waals surface area contributed by atoms with E-state index in [-0.39, 0.29) is 16.3 Å². The van der Waals surface area contributed by atoms with Crippen LogP contribution in [0.5, 0.6) is 0 Å². The number of fused-ring (bicyclic) bond motifs is 1. The van der Waals surface area contributed by atoms with Crippen molar-refractivity contribution in [1.82, 2.24) is 0 Å². The Hall–Kier alpha value is -2.45. The summed E-state index contributed by atoms with van der Waals surface area (Å²) in [6.45, 7) is 2.14. The van der Waals surface area contributed by atoms with E-state index < -0.39 is 16.8 Å². The molecule has 1 aromatic heterocycles. The highest BCUT2D eigenvalue weighted by atomic mass is 35.5. The van der Waals surface area contributed by atoms with Gasteiger partial charge in [0.25, 0.3) is 11.6 Å². The van der Waals surface area contributed by atoms with Crippen molar-refractivity contribution in [2.45, 2.75) is 32.6 Å². The maximum absolute atomic E-state index is 12.7. The van der Waals surface area contributed by atoms with Crippen LogP contribution in [0.1, 0.15) is 50.9 Å². The third kappa shape index (κ3) is 3.88. The molecule has 0 saturated carbocycles. The summed E-state index contributed by atoms with van der Waals surface area (Å²) >= 11 is 7.17. The number of hydrogen-bond acceptors (Lipinski definition) is 6. The van der Waals surface area contributed by atoms with Gasteiger partial charge >= 0.3 is 5.97 Å². The Morgan fingerprint density at radius 2 is 2.18 bits per heavy atom. The van der Waals surface area contributed by atoms with E-state index in [0.717, 1.165) is 42.2 Å². The van der Waals surface area contributed by atoms with Crippen LogP contribution in [-0.2, 0) is 17.6 Å². The summed E-state index contributed by atoms with van der Waals surface area (Å²) in [6.07, 6.45) is 3.67. The third-order valence-electron chi connectivity index (χ3n) is 4.97. The molecule has 3 rings (SSSR count). The number of rotatable bonds is 5. The highest BCUT2D eigenvalue weighted by molar-refractivity contribution is 7.17. The minimum atomic E-state index is -0.645. The summed E-state index contributed by atoms with van der Waals surface area (Å²) in [7, 11) is 1.30. The van der Waals surface area contributed by atoms with Gasteiger partial charge in [-0.1, -0.05) is 24.9 Å². The zero-order valence-electron chi connectivity index (χ0n) is 15.4. The van der Waals surface area contributed by atoms with Gasteiger partial charge in [-0.05, 0) is 42.9 Å². The second-order valence-electron chi connectivity index (χ2n) is 6.59. The number of benzene rings is 1. The molecule has 9 heteroatoms. The Labute approximate surface area is 170 Å². The van der Waals surface area contributed by atoms with E-state index in [1.807, 2.05) is 0 Å². The molecule has 0 unspecified atom stereocenters. The monoisotopic (exact) mass is 422 g/mol. The number of methoxy groups -OCH3 is 1. The van der Waals surface area contributed by atoms with E-state index in [9.17, 15) is 19.7 Å². The maximum Gasteiger partial charge on any atom is 0.341 e. The molecule has 0 aliphatic heterocycles. The van der Waals surface area contributed by atoms with E-state index in [0.29, 0.717) is 16.5 Å². The molecule has 1 amide bonds. The van der Waals surface area contributed by atoms with Crippen LogP contribution in [0, 0.1) is 16.0 Å². The Balaban J connectivity index is 1.95. The first-order chi connectivity index (χ1) is 13.3. The van der Waals surface area contributed by atoms with Crippen molar-refractivity contribution in [2.75, 3.05) is 12.4 Å². The van der Waals surface area contributed by atoms with Crippen molar-refractivity contribution in [1.29, 1.82) is 0 Å². The molecule has 28 heavy (non-hydrogen) atoms. The molecule has 2 aromatic rings. The first-order valence-corrected chi connectivity index (χ1v) is 10.0. The quantitative estimate of drug-likeness (QED) is 0.421. The van der Waals surface area contributed by atoms with Crippen LogP contribution in [0.4, 0.5) is 10.7 Å². The second-order valence-corrected chi connectivity index (χ2v) is 8.11. The summed E-state index contributed by atoms with van der Waals surface area (Å²) in [5.41, 5.74) is 1.05. The van der Waals surface area contributed by atoms with Gasteiger partial charge < -0.3 is 10.1 Å². The number of anilines is 1. The number of ether oxygens (including phenoxy) is 1. The Kier molecular flexibility index (Phi) is 6.00. The number of nitro groups is 1. The largest absolute Gasteiger partial charge is 0.465 e. The number of nitrogens with zero attached hydrogens (tertiary/aromatic N) is 1. The molecule has 0 bridgehead atoms. The number of amides is 1. The second kappa shape index (κ2) is 8.28. The van der Waals surface area contributed by atoms with E-state index >= 15 is 0 Å². The SMILES string of the molecule is CC[C@@H]1CCc2c(sc(NC(=O)c3ccc(Cl)c([N+](=O)[O-])c3)c2C(=O)OC)C1. The lowest BCUT2D eigenvalue weighted by molar-refractivity contribution is -0.384. The zero-order chi connectivity index (χ0) is 20.4. The number of halogens is 1. The van der Waals surface area contributed by atoms with E-state index in [2.05, 4.69) is 12.2 Å². The average Bonchev–Trinajstić information content (AvgIpc) is 3.04. The summed E-state index contributed by atoms with van der Waals surface area (Å²) in [5, 5.41) is 14.2. The fourth-order valence-corrected chi connectivity index (χ4v) is 4.91. The van der Waals surface area contributed by atoms with Crippen molar-refractivity contribution in [3.8, 4) is 0 Å². The fraction of sp³-hybridized carbons (Fsp3) is 0.368. The Morgan fingerprint density at radius 1 is 1.43 bits per heavy atom. The highest BCUT2D eigenvalue weighted by Crippen LogP contribution is 2.41. The van der Waals surface area contributed by atoms with Gasteiger partial charge in [0.2, 0.25) is 0 Å². The molecule has 0 fully saturated rings. The minimum absolute atomic E-state index is 0.0472. The number of nitrogens with one attached hydrogen (secondary N) is 1. The molecule has 1 atom stereocenters. The Morgan fingerprint density at radius 3 is 2.82 bits per heavy atom. The first-order valence-electron chi connectivity index (χ1n) is 8.83. The number of carbonyl (C=O) groups is 2. The topological polar surface area (TPSA) is 98.5 Å². The lowest BCUT2D eigenvalue weighted by Gasteiger charge is -2.20. The lowest BCUT2D eigenvalue weighted by atomic mass is 9.85. The molecule has 0 spiro atoms. The predicted molar refractivity (Wildman–Crippen MR) is 108 cm³/mol. The lowest BCUT2D eigenvalue weighted by Crippen LogP contribution is -2.16. The smallest absolute Gasteiger partial charge is 0.341 e. The zero-order valence-corrected chi connectivity index (χ0v) is 17.0. The number of hydrogen-bond donors (Lipinski definition) is 1. The average molecular weight is 423 g/mol.